The zero-order chi connectivity index (χ0) is 19.8. The van der Waals surface area contributed by atoms with Gasteiger partial charge in [-0.05, 0) is 36.4 Å². The number of hydrogen-bond donors (Lipinski definition) is 0. The standard InChI is InChI=1S/C20H17NO5S2/c22-27(23)14-19(28(24,25)16-8-2-1-3-9-16)20-17(10-6-11-18(20)27)26-13-15-7-4-5-12-21-15/h1-12,19H,13-14H2. The lowest BCUT2D eigenvalue weighted by molar-refractivity contribution is 0.297. The van der Waals surface area contributed by atoms with Crippen molar-refractivity contribution in [2.45, 2.75) is 21.6 Å². The molecule has 0 aliphatic carbocycles. The number of sulfone groups is 2. The quantitative estimate of drug-likeness (QED) is 0.636. The van der Waals surface area contributed by atoms with Crippen molar-refractivity contribution in [2.75, 3.05) is 5.75 Å². The van der Waals surface area contributed by atoms with Crippen molar-refractivity contribution in [3.8, 4) is 5.75 Å². The van der Waals surface area contributed by atoms with Gasteiger partial charge in [-0.15, -0.1) is 0 Å². The molecule has 0 saturated carbocycles. The zero-order valence-corrected chi connectivity index (χ0v) is 16.4. The topological polar surface area (TPSA) is 90.4 Å². The second kappa shape index (κ2) is 7.03. The van der Waals surface area contributed by atoms with Crippen molar-refractivity contribution in [1.82, 2.24) is 4.98 Å². The molecule has 28 heavy (non-hydrogen) atoms. The Balaban J connectivity index is 1.78. The van der Waals surface area contributed by atoms with E-state index in [-0.39, 0.29) is 27.7 Å². The highest BCUT2D eigenvalue weighted by molar-refractivity contribution is 7.96. The molecular formula is C20H17NO5S2. The van der Waals surface area contributed by atoms with E-state index in [0.29, 0.717) is 5.69 Å². The highest BCUT2D eigenvalue weighted by atomic mass is 32.2. The van der Waals surface area contributed by atoms with Crippen molar-refractivity contribution in [2.24, 2.45) is 0 Å². The van der Waals surface area contributed by atoms with Crippen LogP contribution in [0.1, 0.15) is 16.5 Å². The van der Waals surface area contributed by atoms with Gasteiger partial charge >= 0.3 is 0 Å². The number of ether oxygens (including phenoxy) is 1. The van der Waals surface area contributed by atoms with Gasteiger partial charge in [-0.3, -0.25) is 4.98 Å². The van der Waals surface area contributed by atoms with E-state index < -0.39 is 30.7 Å². The van der Waals surface area contributed by atoms with E-state index in [1.54, 1.807) is 48.7 Å². The molecule has 4 rings (SSSR count). The molecule has 3 aromatic rings. The number of pyridine rings is 1. The molecule has 0 amide bonds. The molecule has 1 aliphatic rings. The third kappa shape index (κ3) is 3.29. The van der Waals surface area contributed by atoms with Crippen LogP contribution in [0.25, 0.3) is 0 Å². The van der Waals surface area contributed by atoms with E-state index in [2.05, 4.69) is 4.98 Å². The van der Waals surface area contributed by atoms with Crippen molar-refractivity contribution in [3.05, 3.63) is 84.2 Å². The Morgan fingerprint density at radius 2 is 1.71 bits per heavy atom. The Hall–Kier alpha value is -2.71. The largest absolute Gasteiger partial charge is 0.487 e. The minimum Gasteiger partial charge on any atom is -0.487 e. The normalized spacial score (nSPS) is 17.8. The van der Waals surface area contributed by atoms with Crippen LogP contribution in [-0.2, 0) is 26.3 Å². The fourth-order valence-electron chi connectivity index (χ4n) is 3.27. The molecule has 2 heterocycles. The first kappa shape index (κ1) is 18.6. The van der Waals surface area contributed by atoms with E-state index in [1.807, 2.05) is 6.07 Å². The van der Waals surface area contributed by atoms with E-state index in [1.165, 1.54) is 18.2 Å². The second-order valence-corrected chi connectivity index (χ2v) is 10.5. The number of aromatic nitrogens is 1. The van der Waals surface area contributed by atoms with Crippen LogP contribution < -0.4 is 4.74 Å². The molecule has 0 spiro atoms. The summed E-state index contributed by atoms with van der Waals surface area (Å²) in [6, 6.07) is 17.8. The molecule has 2 aromatic carbocycles. The summed E-state index contributed by atoms with van der Waals surface area (Å²) in [4.78, 5) is 4.27. The van der Waals surface area contributed by atoms with Crippen LogP contribution in [0, 0.1) is 0 Å². The fraction of sp³-hybridized carbons (Fsp3) is 0.150. The first-order chi connectivity index (χ1) is 13.4. The van der Waals surface area contributed by atoms with Crippen molar-refractivity contribution < 1.29 is 21.6 Å². The van der Waals surface area contributed by atoms with Gasteiger partial charge < -0.3 is 4.74 Å². The number of rotatable bonds is 5. The van der Waals surface area contributed by atoms with Crippen LogP contribution in [0.4, 0.5) is 0 Å². The maximum absolute atomic E-state index is 13.2. The summed E-state index contributed by atoms with van der Waals surface area (Å²) in [7, 11) is -7.63. The van der Waals surface area contributed by atoms with Crippen molar-refractivity contribution in [1.29, 1.82) is 0 Å². The molecule has 1 aliphatic heterocycles. The fourth-order valence-corrected chi connectivity index (χ4v) is 7.62. The Morgan fingerprint density at radius 3 is 2.43 bits per heavy atom. The maximum atomic E-state index is 13.2. The SMILES string of the molecule is O=S1(=O)CC(S(=O)(=O)c2ccccc2)c2c(OCc3ccccn3)cccc21. The summed E-state index contributed by atoms with van der Waals surface area (Å²) >= 11 is 0. The summed E-state index contributed by atoms with van der Waals surface area (Å²) < 4.78 is 57.4. The highest BCUT2D eigenvalue weighted by Gasteiger charge is 2.45. The monoisotopic (exact) mass is 415 g/mol. The average molecular weight is 415 g/mol. The summed E-state index contributed by atoms with van der Waals surface area (Å²) in [6.07, 6.45) is 1.63. The minimum absolute atomic E-state index is 0.00975. The number of hydrogen-bond acceptors (Lipinski definition) is 6. The molecule has 1 unspecified atom stereocenters. The molecule has 0 saturated heterocycles. The van der Waals surface area contributed by atoms with Gasteiger partial charge in [0.25, 0.3) is 0 Å². The Bertz CT molecular complexity index is 1210. The first-order valence-corrected chi connectivity index (χ1v) is 11.8. The summed E-state index contributed by atoms with van der Waals surface area (Å²) in [5, 5.41) is -1.21. The minimum atomic E-state index is -3.90. The lowest BCUT2D eigenvalue weighted by Crippen LogP contribution is -2.16. The molecular weight excluding hydrogens is 398 g/mol. The van der Waals surface area contributed by atoms with Gasteiger partial charge in [0.05, 0.1) is 21.2 Å². The van der Waals surface area contributed by atoms with Crippen LogP contribution in [-0.4, -0.2) is 27.6 Å². The molecule has 1 atom stereocenters. The predicted octanol–water partition coefficient (Wildman–Crippen LogP) is 2.96. The van der Waals surface area contributed by atoms with Gasteiger partial charge in [-0.25, -0.2) is 16.8 Å². The predicted molar refractivity (Wildman–Crippen MR) is 103 cm³/mol. The van der Waals surface area contributed by atoms with Gasteiger partial charge in [-0.2, -0.15) is 0 Å². The van der Waals surface area contributed by atoms with E-state index in [4.69, 9.17) is 4.74 Å². The van der Waals surface area contributed by atoms with Gasteiger partial charge in [0.2, 0.25) is 0 Å². The number of nitrogens with zero attached hydrogens (tertiary/aromatic N) is 1. The third-order valence-corrected chi connectivity index (χ3v) is 8.69. The first-order valence-electron chi connectivity index (χ1n) is 8.57. The van der Waals surface area contributed by atoms with Crippen LogP contribution in [0.15, 0.2) is 82.7 Å². The molecule has 0 fully saturated rings. The molecule has 6 nitrogen and oxygen atoms in total. The Labute approximate surface area is 163 Å². The lowest BCUT2D eigenvalue weighted by Gasteiger charge is -2.16. The Kier molecular flexibility index (Phi) is 4.68. The van der Waals surface area contributed by atoms with E-state index in [9.17, 15) is 16.8 Å². The number of benzene rings is 2. The van der Waals surface area contributed by atoms with Gasteiger partial charge in [0.1, 0.15) is 17.6 Å². The molecule has 0 bridgehead atoms. The van der Waals surface area contributed by atoms with Crippen LogP contribution in [0.2, 0.25) is 0 Å². The molecule has 0 radical (unpaired) electrons. The van der Waals surface area contributed by atoms with Crippen LogP contribution in [0.3, 0.4) is 0 Å². The molecule has 0 N–H and O–H groups in total. The highest BCUT2D eigenvalue weighted by Crippen LogP contribution is 2.45. The van der Waals surface area contributed by atoms with Crippen molar-refractivity contribution in [3.63, 3.8) is 0 Å². The average Bonchev–Trinajstić information content (AvgIpc) is 3.00. The van der Waals surface area contributed by atoms with Gasteiger partial charge in [0, 0.05) is 11.8 Å². The summed E-state index contributed by atoms with van der Waals surface area (Å²) in [5.74, 6) is -0.252. The second-order valence-electron chi connectivity index (χ2n) is 6.41. The maximum Gasteiger partial charge on any atom is 0.186 e. The van der Waals surface area contributed by atoms with Gasteiger partial charge in [-0.1, -0.05) is 30.3 Å². The summed E-state index contributed by atoms with van der Waals surface area (Å²) in [5.41, 5.74) is 0.853. The summed E-state index contributed by atoms with van der Waals surface area (Å²) in [6.45, 7) is 0.107. The number of fused-ring (bicyclic) bond motifs is 1. The Morgan fingerprint density at radius 1 is 0.964 bits per heavy atom. The van der Waals surface area contributed by atoms with Crippen molar-refractivity contribution >= 4 is 19.7 Å². The third-order valence-electron chi connectivity index (χ3n) is 4.60. The lowest BCUT2D eigenvalue weighted by atomic mass is 10.1. The van der Waals surface area contributed by atoms with Crippen LogP contribution >= 0.6 is 0 Å². The molecule has 1 aromatic heterocycles. The van der Waals surface area contributed by atoms with Crippen LogP contribution in [0.5, 0.6) is 5.75 Å². The van der Waals surface area contributed by atoms with E-state index >= 15 is 0 Å². The van der Waals surface area contributed by atoms with Gasteiger partial charge in [0.15, 0.2) is 19.7 Å². The zero-order valence-electron chi connectivity index (χ0n) is 14.7. The smallest absolute Gasteiger partial charge is 0.186 e. The van der Waals surface area contributed by atoms with E-state index in [0.717, 1.165) is 0 Å². The molecule has 8 heteroatoms. The molecule has 144 valence electrons.